The van der Waals surface area contributed by atoms with E-state index >= 15 is 0 Å². The molecule has 0 amide bonds. The molecule has 0 spiro atoms. The molecule has 9 heteroatoms. The van der Waals surface area contributed by atoms with Crippen molar-refractivity contribution in [3.8, 4) is 0 Å². The molecule has 0 aliphatic carbocycles. The lowest BCUT2D eigenvalue weighted by molar-refractivity contribution is -0.142. The van der Waals surface area contributed by atoms with Crippen LogP contribution in [0.2, 0.25) is 0 Å². The molecule has 3 nitrogen and oxygen atoms in total. The van der Waals surface area contributed by atoms with Gasteiger partial charge >= 0.3 is 12.4 Å². The van der Waals surface area contributed by atoms with Gasteiger partial charge in [-0.25, -0.2) is 4.98 Å². The maximum Gasteiger partial charge on any atom is 0.454 e. The van der Waals surface area contributed by atoms with Crippen molar-refractivity contribution >= 4 is 11.5 Å². The summed E-state index contributed by atoms with van der Waals surface area (Å²) < 4.78 is 77.3. The van der Waals surface area contributed by atoms with Crippen LogP contribution in [0.25, 0.3) is 0 Å². The normalized spacial score (nSPS) is 12.2. The Morgan fingerprint density at radius 1 is 1.04 bits per heavy atom. The van der Waals surface area contributed by atoms with Crippen molar-refractivity contribution in [2.24, 2.45) is 0 Å². The number of benzene rings is 1. The minimum absolute atomic E-state index is 0.0168. The maximum absolute atomic E-state index is 13.2. The first-order valence-electron chi connectivity index (χ1n) is 7.76. The number of nitrogens with zero attached hydrogens (tertiary/aromatic N) is 2. The van der Waals surface area contributed by atoms with Gasteiger partial charge in [0.15, 0.2) is 5.69 Å². The lowest BCUT2D eigenvalue weighted by atomic mass is 10.0. The number of ketones is 1. The van der Waals surface area contributed by atoms with Gasteiger partial charge in [0.25, 0.3) is 5.78 Å². The van der Waals surface area contributed by atoms with E-state index in [1.54, 1.807) is 33.2 Å². The number of hydrogen-bond donors (Lipinski definition) is 0. The fraction of sp³-hybridized carbons (Fsp3) is 0.333. The third kappa shape index (κ3) is 4.78. The second-order valence-corrected chi connectivity index (χ2v) is 6.21. The number of aryl methyl sites for hydroxylation is 1. The largest absolute Gasteiger partial charge is 0.454 e. The first kappa shape index (κ1) is 20.7. The highest BCUT2D eigenvalue weighted by atomic mass is 19.4. The molecular formula is C18H16F6N2O. The summed E-state index contributed by atoms with van der Waals surface area (Å²) in [6.45, 7) is 1.76. The van der Waals surface area contributed by atoms with Gasteiger partial charge in [0, 0.05) is 31.9 Å². The quantitative estimate of drug-likeness (QED) is 0.555. The van der Waals surface area contributed by atoms with Gasteiger partial charge in [0.2, 0.25) is 0 Å². The molecule has 2 aromatic rings. The number of Topliss-reactive ketones (excluding diaryl/α,β-unsaturated/α-hetero) is 1. The summed E-state index contributed by atoms with van der Waals surface area (Å²) in [6, 6.07) is 6.93. The molecule has 0 fully saturated rings. The second kappa shape index (κ2) is 7.21. The Balaban J connectivity index is 2.49. The van der Waals surface area contributed by atoms with E-state index in [4.69, 9.17) is 0 Å². The molecule has 2 rings (SSSR count). The fourth-order valence-corrected chi connectivity index (χ4v) is 2.47. The molecule has 0 atom stereocenters. The van der Waals surface area contributed by atoms with E-state index in [0.717, 1.165) is 17.3 Å². The molecule has 27 heavy (non-hydrogen) atoms. The number of halogens is 6. The third-order valence-electron chi connectivity index (χ3n) is 3.94. The van der Waals surface area contributed by atoms with Crippen LogP contribution in [0, 0.1) is 6.92 Å². The average molecular weight is 390 g/mol. The molecule has 146 valence electrons. The predicted octanol–water partition coefficient (Wildman–Crippen LogP) is 4.81. The Labute approximate surface area is 151 Å². The molecule has 0 unspecified atom stereocenters. The Morgan fingerprint density at radius 2 is 1.67 bits per heavy atom. The molecule has 0 aliphatic rings. The molecule has 0 aliphatic heterocycles. The molecule has 0 saturated carbocycles. The van der Waals surface area contributed by atoms with E-state index in [9.17, 15) is 31.1 Å². The highest BCUT2D eigenvalue weighted by Crippen LogP contribution is 2.34. The van der Waals surface area contributed by atoms with E-state index in [1.807, 2.05) is 11.0 Å². The lowest BCUT2D eigenvalue weighted by Crippen LogP contribution is -2.27. The van der Waals surface area contributed by atoms with Crippen molar-refractivity contribution in [1.82, 2.24) is 4.98 Å². The van der Waals surface area contributed by atoms with Crippen molar-refractivity contribution in [2.75, 3.05) is 19.0 Å². The molecule has 1 aromatic heterocycles. The summed E-state index contributed by atoms with van der Waals surface area (Å²) in [5.41, 5.74) is -1.13. The van der Waals surface area contributed by atoms with Gasteiger partial charge in [0.1, 0.15) is 0 Å². The summed E-state index contributed by atoms with van der Waals surface area (Å²) in [4.78, 5) is 16.4. The number of carbonyl (C=O) groups is 1. The Morgan fingerprint density at radius 3 is 2.19 bits per heavy atom. The number of anilines is 1. The number of pyridine rings is 1. The molecular weight excluding hydrogens is 374 g/mol. The molecule has 0 radical (unpaired) electrons. The van der Waals surface area contributed by atoms with Gasteiger partial charge in [-0.1, -0.05) is 6.07 Å². The molecule has 0 N–H and O–H groups in total. The maximum atomic E-state index is 13.2. The van der Waals surface area contributed by atoms with Crippen molar-refractivity contribution < 1.29 is 31.1 Å². The van der Waals surface area contributed by atoms with E-state index in [1.165, 1.54) is 0 Å². The Kier molecular flexibility index (Phi) is 5.53. The molecule has 0 bridgehead atoms. The molecule has 0 saturated heterocycles. The number of alkyl halides is 6. The van der Waals surface area contributed by atoms with Gasteiger partial charge < -0.3 is 4.90 Å². The van der Waals surface area contributed by atoms with Gasteiger partial charge in [-0.15, -0.1) is 0 Å². The summed E-state index contributed by atoms with van der Waals surface area (Å²) in [7, 11) is 3.60. The van der Waals surface area contributed by atoms with Crippen LogP contribution in [0.1, 0.15) is 32.9 Å². The van der Waals surface area contributed by atoms with Crippen LogP contribution in [0.5, 0.6) is 0 Å². The highest BCUT2D eigenvalue weighted by molar-refractivity contribution is 6.01. The zero-order valence-electron chi connectivity index (χ0n) is 14.7. The van der Waals surface area contributed by atoms with Crippen LogP contribution in [0.15, 0.2) is 30.3 Å². The van der Waals surface area contributed by atoms with Crippen molar-refractivity contribution in [3.63, 3.8) is 0 Å². The van der Waals surface area contributed by atoms with Crippen molar-refractivity contribution in [2.45, 2.75) is 25.7 Å². The second-order valence-electron chi connectivity index (χ2n) is 6.21. The zero-order valence-corrected chi connectivity index (χ0v) is 14.7. The summed E-state index contributed by atoms with van der Waals surface area (Å²) >= 11 is 0. The molecule has 1 heterocycles. The summed E-state index contributed by atoms with van der Waals surface area (Å²) in [5.74, 6) is -2.57. The number of aromatic nitrogens is 1. The summed E-state index contributed by atoms with van der Waals surface area (Å²) in [5, 5.41) is 0. The highest BCUT2D eigenvalue weighted by Gasteiger charge is 2.45. The third-order valence-corrected chi connectivity index (χ3v) is 3.94. The average Bonchev–Trinajstić information content (AvgIpc) is 2.54. The minimum atomic E-state index is -5.42. The van der Waals surface area contributed by atoms with Crippen LogP contribution in [0.3, 0.4) is 0 Å². The SMILES string of the molecule is Cc1ccc(N(C)C)cc1Cc1ccc(C(=O)C(F)(F)F)c(C(F)(F)F)n1. The van der Waals surface area contributed by atoms with Gasteiger partial charge in [-0.2, -0.15) is 26.3 Å². The van der Waals surface area contributed by atoms with E-state index in [-0.39, 0.29) is 12.1 Å². The Hall–Kier alpha value is -2.58. The number of carbonyl (C=O) groups excluding carboxylic acids is 1. The predicted molar refractivity (Wildman–Crippen MR) is 87.9 cm³/mol. The Bertz CT molecular complexity index is 856. The van der Waals surface area contributed by atoms with Crippen LogP contribution >= 0.6 is 0 Å². The minimum Gasteiger partial charge on any atom is -0.378 e. The molecule has 1 aromatic carbocycles. The monoisotopic (exact) mass is 390 g/mol. The fourth-order valence-electron chi connectivity index (χ4n) is 2.47. The van der Waals surface area contributed by atoms with E-state index in [2.05, 4.69) is 4.98 Å². The van der Waals surface area contributed by atoms with Gasteiger partial charge in [0.05, 0.1) is 5.56 Å². The topological polar surface area (TPSA) is 33.2 Å². The standard InChI is InChI=1S/C18H16F6N2O/c1-10-4-6-13(26(2)3)9-11(10)8-12-5-7-14(16(27)18(22,23)24)15(25-12)17(19,20)21/h4-7,9H,8H2,1-3H3. The zero-order chi connectivity index (χ0) is 20.6. The first-order chi connectivity index (χ1) is 12.3. The lowest BCUT2D eigenvalue weighted by Gasteiger charge is -2.17. The smallest absolute Gasteiger partial charge is 0.378 e. The van der Waals surface area contributed by atoms with Crippen LogP contribution in [-0.2, 0) is 12.6 Å². The number of hydrogen-bond acceptors (Lipinski definition) is 3. The van der Waals surface area contributed by atoms with Gasteiger partial charge in [-0.05, 0) is 42.3 Å². The van der Waals surface area contributed by atoms with Crippen LogP contribution in [-0.4, -0.2) is 31.0 Å². The van der Waals surface area contributed by atoms with Gasteiger partial charge in [-0.3, -0.25) is 4.79 Å². The van der Waals surface area contributed by atoms with Crippen molar-refractivity contribution in [3.05, 3.63) is 58.4 Å². The van der Waals surface area contributed by atoms with E-state index in [0.29, 0.717) is 11.6 Å². The number of rotatable bonds is 4. The first-order valence-corrected chi connectivity index (χ1v) is 7.76. The van der Waals surface area contributed by atoms with E-state index < -0.39 is 29.4 Å². The van der Waals surface area contributed by atoms with Crippen molar-refractivity contribution in [1.29, 1.82) is 0 Å². The van der Waals surface area contributed by atoms with Crippen LogP contribution < -0.4 is 4.90 Å². The van der Waals surface area contributed by atoms with Crippen LogP contribution in [0.4, 0.5) is 32.0 Å². The summed E-state index contributed by atoms with van der Waals surface area (Å²) in [6.07, 6.45) is -10.6.